The fourth-order valence-corrected chi connectivity index (χ4v) is 14.0. The van der Waals surface area contributed by atoms with E-state index in [1.807, 2.05) is 22.7 Å². The lowest BCUT2D eigenvalue weighted by molar-refractivity contribution is 0.798. The molecule has 8 aromatic carbocycles. The Bertz CT molecular complexity index is 3670. The second-order valence-electron chi connectivity index (χ2n) is 17.8. The zero-order valence-corrected chi connectivity index (χ0v) is 38.8. The van der Waals surface area contributed by atoms with E-state index in [-0.39, 0.29) is 0 Å². The number of nitrogens with zero attached hydrogens (tertiary/aromatic N) is 4. The van der Waals surface area contributed by atoms with Gasteiger partial charge in [0, 0.05) is 89.5 Å². The van der Waals surface area contributed by atoms with E-state index in [0.29, 0.717) is 0 Å². The Morgan fingerprint density at radius 1 is 0.358 bits per heavy atom. The lowest BCUT2D eigenvalue weighted by Crippen LogP contribution is -2.26. The average Bonchev–Trinajstić information content (AvgIpc) is 4.24. The summed E-state index contributed by atoms with van der Waals surface area (Å²) in [5, 5.41) is 9.76. The molecule has 1 spiro atoms. The third-order valence-electron chi connectivity index (χ3n) is 14.7. The van der Waals surface area contributed by atoms with Gasteiger partial charge in [0.1, 0.15) is 0 Å². The number of rotatable bonds is 8. The Kier molecular flexibility index (Phi) is 8.46. The summed E-state index contributed by atoms with van der Waals surface area (Å²) in [6.07, 6.45) is 0. The third kappa shape index (κ3) is 5.34. The van der Waals surface area contributed by atoms with Gasteiger partial charge in [0.2, 0.25) is 0 Å². The molecule has 4 nitrogen and oxygen atoms in total. The molecule has 67 heavy (non-hydrogen) atoms. The molecule has 12 aromatic rings. The van der Waals surface area contributed by atoms with Gasteiger partial charge in [-0.2, -0.15) is 0 Å². The summed E-state index contributed by atoms with van der Waals surface area (Å²) in [5.74, 6) is 0. The van der Waals surface area contributed by atoms with Gasteiger partial charge < -0.3 is 18.9 Å². The van der Waals surface area contributed by atoms with E-state index in [1.165, 1.54) is 86.7 Å². The molecule has 0 amide bonds. The Morgan fingerprint density at radius 3 is 1.19 bits per heavy atom. The Hall–Kier alpha value is -7.64. The summed E-state index contributed by atoms with van der Waals surface area (Å²) >= 11 is 3.75. The first-order valence-corrected chi connectivity index (χ1v) is 25.1. The van der Waals surface area contributed by atoms with Crippen molar-refractivity contribution in [3.05, 3.63) is 227 Å². The van der Waals surface area contributed by atoms with Gasteiger partial charge in [-0.15, -0.1) is 22.7 Å². The largest absolute Gasteiger partial charge is 0.341 e. The SMILES string of the molecule is CCn1c2ccccc2c2ccc(N(c3ccccc3)c3ccc4c(c3)C3(c5cc(N(c6ccccc6)c6ccc7c8ccccc8n(CC)c7c6)ccc5-4)c4ccsc4-c4sccc43)cc21. The van der Waals surface area contributed by atoms with Crippen LogP contribution in [0.1, 0.15) is 36.1 Å². The number of anilines is 6. The molecule has 0 radical (unpaired) electrons. The number of para-hydroxylation sites is 4. The maximum absolute atomic E-state index is 2.52. The van der Waals surface area contributed by atoms with Crippen molar-refractivity contribution in [3.8, 4) is 20.9 Å². The van der Waals surface area contributed by atoms with Crippen molar-refractivity contribution in [2.45, 2.75) is 32.4 Å². The van der Waals surface area contributed by atoms with Gasteiger partial charge in [-0.25, -0.2) is 0 Å². The van der Waals surface area contributed by atoms with Crippen LogP contribution in [0.2, 0.25) is 0 Å². The molecule has 0 N–H and O–H groups in total. The van der Waals surface area contributed by atoms with E-state index in [4.69, 9.17) is 0 Å². The molecule has 2 aliphatic rings. The molecule has 0 saturated carbocycles. The Labute approximate surface area is 397 Å². The molecule has 320 valence electrons. The highest BCUT2D eigenvalue weighted by Crippen LogP contribution is 2.66. The minimum Gasteiger partial charge on any atom is -0.341 e. The maximum Gasteiger partial charge on any atom is 0.0743 e. The average molecular weight is 897 g/mol. The first-order valence-electron chi connectivity index (χ1n) is 23.3. The molecule has 0 atom stereocenters. The number of aromatic nitrogens is 2. The molecular weight excluding hydrogens is 853 g/mol. The summed E-state index contributed by atoms with van der Waals surface area (Å²) < 4.78 is 4.91. The second kappa shape index (κ2) is 14.7. The Morgan fingerprint density at radius 2 is 0.746 bits per heavy atom. The van der Waals surface area contributed by atoms with Gasteiger partial charge in [0.05, 0.1) is 16.4 Å². The molecule has 0 bridgehead atoms. The number of thiophene rings is 2. The molecular formula is C61H44N4S2. The quantitative estimate of drug-likeness (QED) is 0.151. The van der Waals surface area contributed by atoms with Crippen molar-refractivity contribution in [2.24, 2.45) is 0 Å². The molecule has 0 aliphatic heterocycles. The van der Waals surface area contributed by atoms with Crippen LogP contribution in [0.25, 0.3) is 64.5 Å². The van der Waals surface area contributed by atoms with E-state index in [2.05, 4.69) is 238 Å². The molecule has 0 fully saturated rings. The van der Waals surface area contributed by atoms with Gasteiger partial charge in [0.25, 0.3) is 0 Å². The molecule has 4 aromatic heterocycles. The summed E-state index contributed by atoms with van der Waals surface area (Å²) in [6, 6.07) is 72.8. The third-order valence-corrected chi connectivity index (χ3v) is 16.7. The van der Waals surface area contributed by atoms with Crippen LogP contribution in [0.3, 0.4) is 0 Å². The fraction of sp³-hybridized carbons (Fsp3) is 0.0820. The number of hydrogen-bond acceptors (Lipinski definition) is 4. The van der Waals surface area contributed by atoms with Crippen LogP contribution < -0.4 is 9.80 Å². The maximum atomic E-state index is 2.52. The fourth-order valence-electron chi connectivity index (χ4n) is 11.9. The summed E-state index contributed by atoms with van der Waals surface area (Å²) in [6.45, 7) is 6.29. The summed E-state index contributed by atoms with van der Waals surface area (Å²) in [7, 11) is 0. The smallest absolute Gasteiger partial charge is 0.0743 e. The molecule has 0 unspecified atom stereocenters. The van der Waals surface area contributed by atoms with Crippen molar-refractivity contribution in [1.82, 2.24) is 9.13 Å². The zero-order chi connectivity index (χ0) is 44.4. The molecule has 2 aliphatic carbocycles. The van der Waals surface area contributed by atoms with Gasteiger partial charge in [-0.1, -0.05) is 97.1 Å². The first kappa shape index (κ1) is 38.6. The van der Waals surface area contributed by atoms with E-state index >= 15 is 0 Å². The highest BCUT2D eigenvalue weighted by Gasteiger charge is 2.53. The van der Waals surface area contributed by atoms with Gasteiger partial charge in [0.15, 0.2) is 0 Å². The first-order chi connectivity index (χ1) is 33.1. The molecule has 0 saturated heterocycles. The van der Waals surface area contributed by atoms with Crippen LogP contribution >= 0.6 is 22.7 Å². The lowest BCUT2D eigenvalue weighted by Gasteiger charge is -2.32. The van der Waals surface area contributed by atoms with Crippen LogP contribution in [-0.4, -0.2) is 9.13 Å². The van der Waals surface area contributed by atoms with E-state index in [1.54, 1.807) is 0 Å². The number of benzene rings is 8. The summed E-state index contributed by atoms with van der Waals surface area (Å²) in [5.41, 5.74) is 19.4. The van der Waals surface area contributed by atoms with Gasteiger partial charge >= 0.3 is 0 Å². The predicted octanol–water partition coefficient (Wildman–Crippen LogP) is 17.3. The van der Waals surface area contributed by atoms with E-state index in [0.717, 1.165) is 47.2 Å². The van der Waals surface area contributed by atoms with E-state index < -0.39 is 5.41 Å². The standard InChI is InChI=1S/C61H44N4S2/c1-3-62-55-21-13-11-19-47(55)49-29-25-43(37-57(49)62)64(39-15-7-5-8-16-39)41-23-27-45-46-28-24-42(36-54(46)61(53(45)35-41)51-31-33-66-59(51)60-52(61)32-34-67-60)65(40-17-9-6-10-18-40)44-26-30-50-48-20-12-14-22-56(48)63(4-2)58(50)38-44/h5-38H,3-4H2,1-2H3. The summed E-state index contributed by atoms with van der Waals surface area (Å²) in [4.78, 5) is 7.69. The van der Waals surface area contributed by atoms with Gasteiger partial charge in [-0.3, -0.25) is 0 Å². The lowest BCUT2D eigenvalue weighted by atomic mass is 9.71. The zero-order valence-electron chi connectivity index (χ0n) is 37.1. The van der Waals surface area contributed by atoms with Crippen LogP contribution in [-0.2, 0) is 18.5 Å². The van der Waals surface area contributed by atoms with Crippen LogP contribution in [0.4, 0.5) is 34.1 Å². The van der Waals surface area contributed by atoms with Crippen LogP contribution in [0.15, 0.2) is 205 Å². The van der Waals surface area contributed by atoms with Crippen molar-refractivity contribution in [1.29, 1.82) is 0 Å². The highest BCUT2D eigenvalue weighted by molar-refractivity contribution is 7.21. The molecule has 14 rings (SSSR count). The number of hydrogen-bond donors (Lipinski definition) is 0. The Balaban J connectivity index is 0.990. The van der Waals surface area contributed by atoms with Gasteiger partial charge in [-0.05, 0) is 155 Å². The van der Waals surface area contributed by atoms with Crippen molar-refractivity contribution >= 4 is 100 Å². The minimum absolute atomic E-state index is 0.497. The number of fused-ring (bicyclic) bond motifs is 16. The molecule has 6 heteroatoms. The monoisotopic (exact) mass is 896 g/mol. The highest BCUT2D eigenvalue weighted by atomic mass is 32.1. The van der Waals surface area contributed by atoms with Crippen LogP contribution in [0, 0.1) is 0 Å². The van der Waals surface area contributed by atoms with Crippen LogP contribution in [0.5, 0.6) is 0 Å². The van der Waals surface area contributed by atoms with Crippen molar-refractivity contribution in [3.63, 3.8) is 0 Å². The second-order valence-corrected chi connectivity index (χ2v) is 19.6. The number of aryl methyl sites for hydroxylation is 2. The minimum atomic E-state index is -0.497. The predicted molar refractivity (Wildman–Crippen MR) is 285 cm³/mol. The topological polar surface area (TPSA) is 16.3 Å². The normalized spacial score (nSPS) is 13.2. The molecule has 4 heterocycles. The van der Waals surface area contributed by atoms with Crippen molar-refractivity contribution in [2.75, 3.05) is 9.80 Å². The van der Waals surface area contributed by atoms with E-state index in [9.17, 15) is 0 Å². The van der Waals surface area contributed by atoms with Crippen molar-refractivity contribution < 1.29 is 0 Å².